The Morgan fingerprint density at radius 1 is 1.04 bits per heavy atom. The van der Waals surface area contributed by atoms with Crippen LogP contribution < -0.4 is 0 Å². The van der Waals surface area contributed by atoms with Crippen LogP contribution in [0.25, 0.3) is 0 Å². The second-order valence-corrected chi connectivity index (χ2v) is 7.38. The number of carbonyl (C=O) groups excluding carboxylic acids is 3. The fourth-order valence-electron chi connectivity index (χ4n) is 3.70. The fraction of sp³-hybridized carbons (Fsp3) is 0.500. The van der Waals surface area contributed by atoms with Crippen molar-refractivity contribution in [2.75, 3.05) is 19.6 Å². The summed E-state index contributed by atoms with van der Waals surface area (Å²) in [6.07, 6.45) is 3.25. The molecule has 0 atom stereocenters. The summed E-state index contributed by atoms with van der Waals surface area (Å²) in [5.41, 5.74) is 0.582. The molecule has 2 saturated heterocycles. The van der Waals surface area contributed by atoms with Gasteiger partial charge in [0.25, 0.3) is 11.8 Å². The lowest BCUT2D eigenvalue weighted by Gasteiger charge is -2.36. The Bertz CT molecular complexity index is 726. The molecule has 2 heterocycles. The molecule has 0 aromatic heterocycles. The van der Waals surface area contributed by atoms with Gasteiger partial charge in [0, 0.05) is 35.8 Å². The average molecular weight is 362 g/mol. The van der Waals surface area contributed by atoms with Gasteiger partial charge in [-0.1, -0.05) is 17.7 Å². The fourth-order valence-corrected chi connectivity index (χ4v) is 3.89. The predicted molar refractivity (Wildman–Crippen MR) is 92.3 cm³/mol. The molecule has 4 amide bonds. The zero-order chi connectivity index (χ0) is 17.6. The van der Waals surface area contributed by atoms with Crippen molar-refractivity contribution in [2.24, 2.45) is 0 Å². The number of rotatable bonds is 3. The minimum atomic E-state index is -0.146. The Kier molecular flexibility index (Phi) is 4.15. The van der Waals surface area contributed by atoms with Gasteiger partial charge in [-0.2, -0.15) is 0 Å². The van der Waals surface area contributed by atoms with Gasteiger partial charge in [-0.3, -0.25) is 14.5 Å². The van der Waals surface area contributed by atoms with Gasteiger partial charge in [0.1, 0.15) is 6.54 Å². The maximum Gasteiger partial charge on any atom is 0.327 e. The maximum atomic E-state index is 12.6. The number of likely N-dealkylation sites (tertiary alicyclic amines) is 1. The summed E-state index contributed by atoms with van der Waals surface area (Å²) in [4.78, 5) is 42.1. The zero-order valence-corrected chi connectivity index (χ0v) is 14.6. The van der Waals surface area contributed by atoms with E-state index in [1.807, 2.05) is 0 Å². The number of amides is 4. The van der Waals surface area contributed by atoms with Gasteiger partial charge < -0.3 is 9.80 Å². The molecule has 0 radical (unpaired) electrons. The standard InChI is InChI=1S/C18H20ClN3O3/c19-13-3-1-2-12(10-13)17(24)20-8-6-14(7-9-20)21-11-16(23)22(18(21)25)15-4-5-15/h1-3,10,14-15H,4-9,11H2. The third kappa shape index (κ3) is 3.11. The SMILES string of the molecule is O=C(c1cccc(Cl)c1)N1CCC(N2CC(=O)N(C3CC3)C2=O)CC1. The van der Waals surface area contributed by atoms with Crippen molar-refractivity contribution < 1.29 is 14.4 Å². The van der Waals surface area contributed by atoms with Gasteiger partial charge in [0.15, 0.2) is 0 Å². The van der Waals surface area contributed by atoms with E-state index >= 15 is 0 Å². The quantitative estimate of drug-likeness (QED) is 0.776. The number of hydrogen-bond acceptors (Lipinski definition) is 3. The summed E-state index contributed by atoms with van der Waals surface area (Å²) < 4.78 is 0. The monoisotopic (exact) mass is 361 g/mol. The number of benzene rings is 1. The summed E-state index contributed by atoms with van der Waals surface area (Å²) in [6, 6.07) is 6.95. The Labute approximate surface area is 151 Å². The van der Waals surface area contributed by atoms with Crippen LogP contribution in [-0.4, -0.2) is 64.3 Å². The summed E-state index contributed by atoms with van der Waals surface area (Å²) >= 11 is 5.96. The first-order valence-electron chi connectivity index (χ1n) is 8.72. The summed E-state index contributed by atoms with van der Waals surface area (Å²) in [5, 5.41) is 0.544. The van der Waals surface area contributed by atoms with Crippen LogP contribution in [0.4, 0.5) is 4.79 Å². The minimum Gasteiger partial charge on any atom is -0.338 e. The highest BCUT2D eigenvalue weighted by atomic mass is 35.5. The Hall–Kier alpha value is -2.08. The molecule has 6 nitrogen and oxygen atoms in total. The van der Waals surface area contributed by atoms with Crippen LogP contribution >= 0.6 is 11.6 Å². The topological polar surface area (TPSA) is 60.9 Å². The first-order chi connectivity index (χ1) is 12.0. The first-order valence-corrected chi connectivity index (χ1v) is 9.10. The average Bonchev–Trinajstić information content (AvgIpc) is 3.39. The third-order valence-electron chi connectivity index (χ3n) is 5.20. The highest BCUT2D eigenvalue weighted by Crippen LogP contribution is 2.32. The molecule has 4 rings (SSSR count). The number of imide groups is 1. The van der Waals surface area contributed by atoms with E-state index in [4.69, 9.17) is 11.6 Å². The second kappa shape index (κ2) is 6.33. The van der Waals surface area contributed by atoms with E-state index in [2.05, 4.69) is 0 Å². The van der Waals surface area contributed by atoms with E-state index in [1.165, 1.54) is 4.90 Å². The van der Waals surface area contributed by atoms with Crippen LogP contribution in [0.3, 0.4) is 0 Å². The van der Waals surface area contributed by atoms with Crippen molar-refractivity contribution in [3.63, 3.8) is 0 Å². The Morgan fingerprint density at radius 3 is 2.40 bits per heavy atom. The van der Waals surface area contributed by atoms with Crippen LogP contribution in [0, 0.1) is 0 Å². The summed E-state index contributed by atoms with van der Waals surface area (Å²) in [7, 11) is 0. The zero-order valence-electron chi connectivity index (χ0n) is 13.9. The van der Waals surface area contributed by atoms with E-state index in [-0.39, 0.29) is 36.5 Å². The van der Waals surface area contributed by atoms with Gasteiger partial charge in [0.2, 0.25) is 0 Å². The summed E-state index contributed by atoms with van der Waals surface area (Å²) in [6.45, 7) is 1.34. The van der Waals surface area contributed by atoms with Gasteiger partial charge in [-0.05, 0) is 43.9 Å². The summed E-state index contributed by atoms with van der Waals surface area (Å²) in [5.74, 6) is -0.116. The molecule has 0 unspecified atom stereocenters. The molecule has 0 N–H and O–H groups in total. The lowest BCUT2D eigenvalue weighted by Crippen LogP contribution is -2.48. The number of carbonyl (C=O) groups is 3. The van der Waals surface area contributed by atoms with Crippen LogP contribution in [-0.2, 0) is 4.79 Å². The third-order valence-corrected chi connectivity index (χ3v) is 5.44. The highest BCUT2D eigenvalue weighted by Gasteiger charge is 2.47. The molecule has 1 aliphatic carbocycles. The van der Waals surface area contributed by atoms with Crippen molar-refractivity contribution >= 4 is 29.4 Å². The number of urea groups is 1. The molecule has 0 bridgehead atoms. The molecule has 1 aromatic carbocycles. The molecule has 3 aliphatic rings. The van der Waals surface area contributed by atoms with Crippen molar-refractivity contribution in [2.45, 2.75) is 37.8 Å². The van der Waals surface area contributed by atoms with Crippen LogP contribution in [0.5, 0.6) is 0 Å². The van der Waals surface area contributed by atoms with Gasteiger partial charge in [0.05, 0.1) is 0 Å². The number of nitrogens with zero attached hydrogens (tertiary/aromatic N) is 3. The van der Waals surface area contributed by atoms with Crippen molar-refractivity contribution in [1.82, 2.24) is 14.7 Å². The normalized spacial score (nSPS) is 22.0. The largest absolute Gasteiger partial charge is 0.338 e. The lowest BCUT2D eigenvalue weighted by molar-refractivity contribution is -0.125. The number of hydrogen-bond donors (Lipinski definition) is 0. The molecule has 7 heteroatoms. The lowest BCUT2D eigenvalue weighted by atomic mass is 10.0. The van der Waals surface area contributed by atoms with Crippen LogP contribution in [0.15, 0.2) is 24.3 Å². The van der Waals surface area contributed by atoms with Crippen molar-refractivity contribution in [3.05, 3.63) is 34.9 Å². The van der Waals surface area contributed by atoms with Crippen LogP contribution in [0.1, 0.15) is 36.0 Å². The van der Waals surface area contributed by atoms with E-state index in [1.54, 1.807) is 34.1 Å². The van der Waals surface area contributed by atoms with Crippen molar-refractivity contribution in [1.29, 1.82) is 0 Å². The molecule has 3 fully saturated rings. The van der Waals surface area contributed by atoms with E-state index in [0.717, 1.165) is 12.8 Å². The molecule has 2 aliphatic heterocycles. The molecule has 25 heavy (non-hydrogen) atoms. The van der Waals surface area contributed by atoms with Crippen molar-refractivity contribution in [3.8, 4) is 0 Å². The highest BCUT2D eigenvalue weighted by molar-refractivity contribution is 6.30. The molecule has 1 saturated carbocycles. The number of piperidine rings is 1. The molecule has 1 aromatic rings. The predicted octanol–water partition coefficient (Wildman–Crippen LogP) is 2.37. The second-order valence-electron chi connectivity index (χ2n) is 6.94. The smallest absolute Gasteiger partial charge is 0.327 e. The van der Waals surface area contributed by atoms with E-state index < -0.39 is 0 Å². The minimum absolute atomic E-state index is 0.0311. The molecular weight excluding hydrogens is 342 g/mol. The molecule has 132 valence electrons. The Morgan fingerprint density at radius 2 is 1.76 bits per heavy atom. The van der Waals surface area contributed by atoms with E-state index in [9.17, 15) is 14.4 Å². The Balaban J connectivity index is 1.38. The maximum absolute atomic E-state index is 12.6. The molecular formula is C18H20ClN3O3. The van der Waals surface area contributed by atoms with Gasteiger partial charge in [-0.25, -0.2) is 4.79 Å². The van der Waals surface area contributed by atoms with E-state index in [0.29, 0.717) is 36.5 Å². The van der Waals surface area contributed by atoms with Gasteiger partial charge in [-0.15, -0.1) is 0 Å². The molecule has 0 spiro atoms. The first kappa shape index (κ1) is 16.4. The van der Waals surface area contributed by atoms with Gasteiger partial charge >= 0.3 is 6.03 Å². The number of halogens is 1. The van der Waals surface area contributed by atoms with Crippen LogP contribution in [0.2, 0.25) is 5.02 Å².